The molecule has 0 unspecified atom stereocenters. The van der Waals surface area contributed by atoms with Gasteiger partial charge >= 0.3 is 5.97 Å². The summed E-state index contributed by atoms with van der Waals surface area (Å²) in [5.41, 5.74) is 0. The van der Waals surface area contributed by atoms with Gasteiger partial charge in [0.1, 0.15) is 0 Å². The van der Waals surface area contributed by atoms with E-state index in [2.05, 4.69) is 15.1 Å². The molecule has 0 atom stereocenters. The fraction of sp³-hybridized carbons (Fsp3) is 0. The Kier molecular flexibility index (Phi) is 2.34. The fourth-order valence-corrected chi connectivity index (χ4v) is 1.14. The van der Waals surface area contributed by atoms with Crippen molar-refractivity contribution in [3.63, 3.8) is 0 Å². The Morgan fingerprint density at radius 3 is 2.93 bits per heavy atom. The minimum Gasteiger partial charge on any atom is -0.475 e. The lowest BCUT2D eigenvalue weighted by Gasteiger charge is -1.99. The van der Waals surface area contributed by atoms with Crippen molar-refractivity contribution in [1.82, 2.24) is 19.7 Å². The molecule has 7 heteroatoms. The number of rotatable bonds is 2. The molecule has 0 aliphatic carbocycles. The molecule has 0 amide bonds. The summed E-state index contributed by atoms with van der Waals surface area (Å²) in [6.07, 6.45) is 4.31. The van der Waals surface area contributed by atoms with Crippen LogP contribution in [0, 0.1) is 0 Å². The normalized spacial score (nSPS) is 10.2. The molecular weight excluding hydrogens is 220 g/mol. The Hall–Kier alpha value is -1.95. The monoisotopic (exact) mass is 224 g/mol. The number of aromatic nitrogens is 4. The molecule has 1 N–H and O–H groups in total. The van der Waals surface area contributed by atoms with E-state index in [0.29, 0.717) is 10.8 Å². The second-order valence-corrected chi connectivity index (χ2v) is 3.08. The van der Waals surface area contributed by atoms with Crippen LogP contribution in [0.15, 0.2) is 24.7 Å². The van der Waals surface area contributed by atoms with Gasteiger partial charge in [0.25, 0.3) is 0 Å². The average Bonchev–Trinajstić information content (AvgIpc) is 2.65. The van der Waals surface area contributed by atoms with Crippen LogP contribution in [-0.2, 0) is 0 Å². The summed E-state index contributed by atoms with van der Waals surface area (Å²) in [5.74, 6) is -1.11. The second kappa shape index (κ2) is 3.66. The molecule has 0 fully saturated rings. The first-order valence-corrected chi connectivity index (χ1v) is 4.31. The molecule has 2 heterocycles. The van der Waals surface area contributed by atoms with Crippen LogP contribution in [-0.4, -0.2) is 30.8 Å². The minimum atomic E-state index is -1.19. The third kappa shape index (κ3) is 1.94. The Balaban J connectivity index is 2.45. The highest BCUT2D eigenvalue weighted by Gasteiger charge is 2.08. The first kappa shape index (κ1) is 9.60. The van der Waals surface area contributed by atoms with Crippen LogP contribution in [0.25, 0.3) is 5.82 Å². The predicted molar refractivity (Wildman–Crippen MR) is 51.1 cm³/mol. The second-order valence-electron chi connectivity index (χ2n) is 2.65. The molecule has 2 aromatic rings. The fourth-order valence-electron chi connectivity index (χ4n) is 1.01. The maximum Gasteiger partial charge on any atom is 0.374 e. The van der Waals surface area contributed by atoms with E-state index in [4.69, 9.17) is 16.7 Å². The zero-order chi connectivity index (χ0) is 10.8. The lowest BCUT2D eigenvalue weighted by atomic mass is 10.5. The van der Waals surface area contributed by atoms with Crippen molar-refractivity contribution < 1.29 is 9.90 Å². The molecule has 0 saturated heterocycles. The largest absolute Gasteiger partial charge is 0.475 e. The van der Waals surface area contributed by atoms with Gasteiger partial charge in [-0.25, -0.2) is 19.4 Å². The zero-order valence-corrected chi connectivity index (χ0v) is 8.09. The number of hydrogen-bond donors (Lipinski definition) is 1. The number of carboxylic acids is 1. The van der Waals surface area contributed by atoms with E-state index < -0.39 is 5.97 Å². The summed E-state index contributed by atoms with van der Waals surface area (Å²) in [6, 6.07) is 1.54. The third-order valence-corrected chi connectivity index (χ3v) is 1.81. The molecule has 15 heavy (non-hydrogen) atoms. The predicted octanol–water partition coefficient (Wildman–Crippen LogP) is 1.01. The summed E-state index contributed by atoms with van der Waals surface area (Å²) in [5, 5.41) is 13.0. The van der Waals surface area contributed by atoms with E-state index in [1.165, 1.54) is 29.3 Å². The molecule has 2 rings (SSSR count). The van der Waals surface area contributed by atoms with Crippen molar-refractivity contribution in [2.75, 3.05) is 0 Å². The number of carbonyl (C=O) groups is 1. The smallest absolute Gasteiger partial charge is 0.374 e. The van der Waals surface area contributed by atoms with Gasteiger partial charge in [0.2, 0.25) is 5.82 Å². The summed E-state index contributed by atoms with van der Waals surface area (Å²) < 4.78 is 1.37. The highest BCUT2D eigenvalue weighted by molar-refractivity contribution is 6.30. The van der Waals surface area contributed by atoms with Crippen LogP contribution >= 0.6 is 11.6 Å². The number of halogens is 1. The molecule has 0 radical (unpaired) electrons. The molecule has 0 aliphatic rings. The highest BCUT2D eigenvalue weighted by Crippen LogP contribution is 2.09. The molecule has 0 aliphatic heterocycles. The van der Waals surface area contributed by atoms with Gasteiger partial charge in [-0.3, -0.25) is 0 Å². The van der Waals surface area contributed by atoms with Gasteiger partial charge in [-0.1, -0.05) is 11.6 Å². The molecule has 0 aromatic carbocycles. The van der Waals surface area contributed by atoms with Gasteiger partial charge in [0.15, 0.2) is 5.82 Å². The number of carboxylic acid groups (broad SMARTS) is 1. The molecule has 0 saturated carbocycles. The molecule has 0 spiro atoms. The van der Waals surface area contributed by atoms with Crippen molar-refractivity contribution in [2.24, 2.45) is 0 Å². The number of aromatic carboxylic acids is 1. The standard InChI is InChI=1S/C8H5ClN4O2/c9-5-3-11-13(4-5)6-1-2-10-7(12-6)8(14)15/h1-4H,(H,14,15). The maximum atomic E-state index is 10.6. The van der Waals surface area contributed by atoms with Crippen molar-refractivity contribution >= 4 is 17.6 Å². The molecular formula is C8H5ClN4O2. The molecule has 2 aromatic heterocycles. The van der Waals surface area contributed by atoms with Gasteiger partial charge in [-0.2, -0.15) is 5.10 Å². The first-order valence-electron chi connectivity index (χ1n) is 3.94. The van der Waals surface area contributed by atoms with E-state index in [-0.39, 0.29) is 5.82 Å². The van der Waals surface area contributed by atoms with Crippen LogP contribution in [0.5, 0.6) is 0 Å². The third-order valence-electron chi connectivity index (χ3n) is 1.62. The SMILES string of the molecule is O=C(O)c1nccc(-n2cc(Cl)cn2)n1. The summed E-state index contributed by atoms with van der Waals surface area (Å²) in [4.78, 5) is 18.0. The Morgan fingerprint density at radius 2 is 2.33 bits per heavy atom. The van der Waals surface area contributed by atoms with E-state index in [9.17, 15) is 4.79 Å². The first-order chi connectivity index (χ1) is 7.16. The van der Waals surface area contributed by atoms with E-state index in [1.54, 1.807) is 0 Å². The van der Waals surface area contributed by atoms with Crippen LogP contribution in [0.4, 0.5) is 0 Å². The Morgan fingerprint density at radius 1 is 1.53 bits per heavy atom. The molecule has 0 bridgehead atoms. The maximum absolute atomic E-state index is 10.6. The Bertz CT molecular complexity index is 511. The highest BCUT2D eigenvalue weighted by atomic mass is 35.5. The number of hydrogen-bond acceptors (Lipinski definition) is 4. The molecule has 6 nitrogen and oxygen atoms in total. The van der Waals surface area contributed by atoms with Crippen LogP contribution < -0.4 is 0 Å². The zero-order valence-electron chi connectivity index (χ0n) is 7.33. The van der Waals surface area contributed by atoms with Gasteiger partial charge in [-0.05, 0) is 0 Å². The average molecular weight is 225 g/mol. The van der Waals surface area contributed by atoms with Gasteiger partial charge in [-0.15, -0.1) is 0 Å². The number of nitrogens with zero attached hydrogens (tertiary/aromatic N) is 4. The topological polar surface area (TPSA) is 80.9 Å². The summed E-state index contributed by atoms with van der Waals surface area (Å²) >= 11 is 5.67. The van der Waals surface area contributed by atoms with Crippen LogP contribution in [0.1, 0.15) is 10.6 Å². The van der Waals surface area contributed by atoms with Gasteiger partial charge < -0.3 is 5.11 Å². The van der Waals surface area contributed by atoms with Crippen molar-refractivity contribution in [1.29, 1.82) is 0 Å². The van der Waals surface area contributed by atoms with E-state index in [1.807, 2.05) is 0 Å². The van der Waals surface area contributed by atoms with Gasteiger partial charge in [0, 0.05) is 12.3 Å². The quantitative estimate of drug-likeness (QED) is 0.824. The minimum absolute atomic E-state index is 0.279. The van der Waals surface area contributed by atoms with Crippen molar-refractivity contribution in [3.05, 3.63) is 35.5 Å². The van der Waals surface area contributed by atoms with Gasteiger partial charge in [0.05, 0.1) is 17.4 Å². The van der Waals surface area contributed by atoms with E-state index in [0.717, 1.165) is 0 Å². The van der Waals surface area contributed by atoms with Crippen molar-refractivity contribution in [3.8, 4) is 5.82 Å². The summed E-state index contributed by atoms with van der Waals surface area (Å²) in [7, 11) is 0. The lowest BCUT2D eigenvalue weighted by molar-refractivity contribution is 0.0683. The van der Waals surface area contributed by atoms with Crippen LogP contribution in [0.3, 0.4) is 0 Å². The van der Waals surface area contributed by atoms with Crippen LogP contribution in [0.2, 0.25) is 5.02 Å². The van der Waals surface area contributed by atoms with E-state index >= 15 is 0 Å². The molecule has 76 valence electrons. The summed E-state index contributed by atoms with van der Waals surface area (Å²) in [6.45, 7) is 0. The lowest BCUT2D eigenvalue weighted by Crippen LogP contribution is -2.07. The van der Waals surface area contributed by atoms with Crippen molar-refractivity contribution in [2.45, 2.75) is 0 Å². The Labute approximate surface area is 89.2 Å².